The second-order valence-electron chi connectivity index (χ2n) is 5.48. The maximum absolute atomic E-state index is 9.97. The van der Waals surface area contributed by atoms with E-state index in [1.165, 1.54) is 4.88 Å². The van der Waals surface area contributed by atoms with Gasteiger partial charge in [-0.05, 0) is 29.5 Å². The average molecular weight is 328 g/mol. The Kier molecular flexibility index (Phi) is 5.15. The number of pyridine rings is 1. The van der Waals surface area contributed by atoms with Crippen molar-refractivity contribution in [2.24, 2.45) is 0 Å². The Balaban J connectivity index is 1.83. The van der Waals surface area contributed by atoms with Crippen molar-refractivity contribution in [3.63, 3.8) is 0 Å². The lowest BCUT2D eigenvalue weighted by Gasteiger charge is -2.10. The smallest absolute Gasteiger partial charge is 0.156 e. The van der Waals surface area contributed by atoms with Gasteiger partial charge < -0.3 is 5.11 Å². The van der Waals surface area contributed by atoms with Crippen LogP contribution in [0.15, 0.2) is 42.0 Å². The van der Waals surface area contributed by atoms with Crippen LogP contribution in [0.2, 0.25) is 0 Å². The van der Waals surface area contributed by atoms with Crippen molar-refractivity contribution in [3.05, 3.63) is 64.1 Å². The molecule has 0 amide bonds. The molecule has 0 aliphatic carbocycles. The van der Waals surface area contributed by atoms with E-state index < -0.39 is 6.10 Å². The van der Waals surface area contributed by atoms with Crippen molar-refractivity contribution >= 4 is 11.3 Å². The van der Waals surface area contributed by atoms with E-state index in [0.717, 1.165) is 23.6 Å². The summed E-state index contributed by atoms with van der Waals surface area (Å²) in [5, 5.41) is 16.6. The van der Waals surface area contributed by atoms with Crippen LogP contribution in [0, 0.1) is 0 Å². The van der Waals surface area contributed by atoms with Gasteiger partial charge in [0.05, 0.1) is 12.6 Å². The van der Waals surface area contributed by atoms with E-state index in [1.54, 1.807) is 17.5 Å². The first-order valence-corrected chi connectivity index (χ1v) is 8.64. The van der Waals surface area contributed by atoms with Crippen LogP contribution >= 0.6 is 11.3 Å². The fourth-order valence-electron chi connectivity index (χ4n) is 2.36. The van der Waals surface area contributed by atoms with E-state index >= 15 is 0 Å². The van der Waals surface area contributed by atoms with Gasteiger partial charge in [-0.15, -0.1) is 11.3 Å². The third kappa shape index (κ3) is 4.24. The monoisotopic (exact) mass is 328 g/mol. The molecule has 3 aromatic rings. The maximum atomic E-state index is 9.97. The first-order chi connectivity index (χ1) is 11.2. The number of rotatable bonds is 7. The number of hydrogen-bond acceptors (Lipinski definition) is 5. The van der Waals surface area contributed by atoms with E-state index in [4.69, 9.17) is 0 Å². The average Bonchev–Trinajstić information content (AvgIpc) is 3.19. The number of hydrogen-bond donors (Lipinski definition) is 1. The summed E-state index contributed by atoms with van der Waals surface area (Å²) >= 11 is 1.71. The fourth-order valence-corrected chi connectivity index (χ4v) is 3.06. The van der Waals surface area contributed by atoms with Crippen LogP contribution in [-0.4, -0.2) is 31.0 Å². The fraction of sp³-hybridized carbons (Fsp3) is 0.353. The van der Waals surface area contributed by atoms with Crippen LogP contribution in [0.1, 0.15) is 35.4 Å². The zero-order chi connectivity index (χ0) is 16.1. The Morgan fingerprint density at radius 3 is 2.87 bits per heavy atom. The molecule has 3 aromatic heterocycles. The van der Waals surface area contributed by atoms with Gasteiger partial charge in [0, 0.05) is 30.1 Å². The van der Waals surface area contributed by atoms with Crippen LogP contribution in [-0.2, 0) is 19.4 Å². The first kappa shape index (κ1) is 15.8. The molecule has 0 aliphatic rings. The van der Waals surface area contributed by atoms with Gasteiger partial charge in [-0.1, -0.05) is 19.1 Å². The zero-order valence-corrected chi connectivity index (χ0v) is 13.9. The maximum Gasteiger partial charge on any atom is 0.156 e. The summed E-state index contributed by atoms with van der Waals surface area (Å²) in [5.41, 5.74) is 1.09. The van der Waals surface area contributed by atoms with E-state index in [0.29, 0.717) is 19.4 Å². The summed E-state index contributed by atoms with van der Waals surface area (Å²) in [7, 11) is 0. The molecule has 120 valence electrons. The standard InChI is InChI=1S/C17H20N4OS/c1-2-14(22)12-21-17(9-13-5-3-7-18-11-13)19-16(20-21)10-15-6-4-8-23-15/h3-8,11,14,22H,2,9-10,12H2,1H3. The van der Waals surface area contributed by atoms with E-state index in [-0.39, 0.29) is 0 Å². The summed E-state index contributed by atoms with van der Waals surface area (Å²) < 4.78 is 1.84. The number of thiophene rings is 1. The molecule has 23 heavy (non-hydrogen) atoms. The second kappa shape index (κ2) is 7.48. The van der Waals surface area contributed by atoms with Gasteiger partial charge in [0.15, 0.2) is 5.82 Å². The number of nitrogens with zero attached hydrogens (tertiary/aromatic N) is 4. The van der Waals surface area contributed by atoms with Crippen LogP contribution in [0.4, 0.5) is 0 Å². The zero-order valence-electron chi connectivity index (χ0n) is 13.1. The van der Waals surface area contributed by atoms with Gasteiger partial charge >= 0.3 is 0 Å². The normalized spacial score (nSPS) is 12.4. The van der Waals surface area contributed by atoms with E-state index in [2.05, 4.69) is 26.5 Å². The van der Waals surface area contributed by atoms with Crippen molar-refractivity contribution in [2.45, 2.75) is 38.8 Å². The highest BCUT2D eigenvalue weighted by molar-refractivity contribution is 7.09. The molecule has 0 aliphatic heterocycles. The third-order valence-corrected chi connectivity index (χ3v) is 4.52. The van der Waals surface area contributed by atoms with Gasteiger partial charge in [0.1, 0.15) is 5.82 Å². The lowest BCUT2D eigenvalue weighted by atomic mass is 10.2. The SMILES string of the molecule is CCC(O)Cn1nc(Cc2cccs2)nc1Cc1cccnc1. The molecule has 6 heteroatoms. The van der Waals surface area contributed by atoms with Crippen molar-refractivity contribution in [1.82, 2.24) is 19.7 Å². The molecule has 3 rings (SSSR count). The minimum absolute atomic E-state index is 0.404. The van der Waals surface area contributed by atoms with Crippen molar-refractivity contribution in [3.8, 4) is 0 Å². The van der Waals surface area contributed by atoms with E-state index in [9.17, 15) is 5.11 Å². The topological polar surface area (TPSA) is 63.8 Å². The molecule has 1 N–H and O–H groups in total. The predicted octanol–water partition coefficient (Wildman–Crippen LogP) is 2.69. The lowest BCUT2D eigenvalue weighted by Crippen LogP contribution is -2.18. The van der Waals surface area contributed by atoms with Crippen LogP contribution < -0.4 is 0 Å². The van der Waals surface area contributed by atoms with Gasteiger partial charge in [0.2, 0.25) is 0 Å². The number of aliphatic hydroxyl groups is 1. The molecule has 0 radical (unpaired) electrons. The molecule has 5 nitrogen and oxygen atoms in total. The minimum Gasteiger partial charge on any atom is -0.391 e. The first-order valence-electron chi connectivity index (χ1n) is 7.76. The van der Waals surface area contributed by atoms with Crippen LogP contribution in [0.3, 0.4) is 0 Å². The Morgan fingerprint density at radius 1 is 1.26 bits per heavy atom. The summed E-state index contributed by atoms with van der Waals surface area (Å²) in [5.74, 6) is 1.67. The molecule has 0 bridgehead atoms. The summed E-state index contributed by atoms with van der Waals surface area (Å²) in [6.45, 7) is 2.44. The number of aliphatic hydroxyl groups excluding tert-OH is 1. The highest BCUT2D eigenvalue weighted by Crippen LogP contribution is 2.15. The quantitative estimate of drug-likeness (QED) is 0.724. The Bertz CT molecular complexity index is 724. The molecular weight excluding hydrogens is 308 g/mol. The highest BCUT2D eigenvalue weighted by atomic mass is 32.1. The number of aromatic nitrogens is 4. The summed E-state index contributed by atoms with van der Waals surface area (Å²) in [6, 6.07) is 8.08. The van der Waals surface area contributed by atoms with Gasteiger partial charge in [-0.2, -0.15) is 5.10 Å². The van der Waals surface area contributed by atoms with Crippen molar-refractivity contribution < 1.29 is 5.11 Å². The van der Waals surface area contributed by atoms with Gasteiger partial charge in [-0.25, -0.2) is 9.67 Å². The summed E-state index contributed by atoms with van der Waals surface area (Å²) in [4.78, 5) is 10.1. The van der Waals surface area contributed by atoms with Gasteiger partial charge in [0.25, 0.3) is 0 Å². The molecule has 1 unspecified atom stereocenters. The van der Waals surface area contributed by atoms with E-state index in [1.807, 2.05) is 36.0 Å². The molecule has 3 heterocycles. The molecule has 0 aromatic carbocycles. The molecular formula is C17H20N4OS. The molecule has 0 saturated carbocycles. The minimum atomic E-state index is -0.404. The largest absolute Gasteiger partial charge is 0.391 e. The summed E-state index contributed by atoms with van der Waals surface area (Å²) in [6.07, 6.45) is 5.30. The third-order valence-electron chi connectivity index (χ3n) is 3.64. The Morgan fingerprint density at radius 2 is 2.17 bits per heavy atom. The predicted molar refractivity (Wildman–Crippen MR) is 90.5 cm³/mol. The van der Waals surface area contributed by atoms with Crippen molar-refractivity contribution in [2.75, 3.05) is 0 Å². The second-order valence-corrected chi connectivity index (χ2v) is 6.51. The molecule has 0 fully saturated rings. The highest BCUT2D eigenvalue weighted by Gasteiger charge is 2.14. The van der Waals surface area contributed by atoms with Crippen molar-refractivity contribution in [1.29, 1.82) is 0 Å². The van der Waals surface area contributed by atoms with Crippen LogP contribution in [0.25, 0.3) is 0 Å². The Labute approximate surface area is 139 Å². The van der Waals surface area contributed by atoms with Crippen LogP contribution in [0.5, 0.6) is 0 Å². The molecule has 1 atom stereocenters. The molecule has 0 saturated heterocycles. The lowest BCUT2D eigenvalue weighted by molar-refractivity contribution is 0.144. The molecule has 0 spiro atoms. The van der Waals surface area contributed by atoms with Gasteiger partial charge in [-0.3, -0.25) is 4.98 Å². The Hall–Kier alpha value is -2.05.